The summed E-state index contributed by atoms with van der Waals surface area (Å²) in [7, 11) is 0. The lowest BCUT2D eigenvalue weighted by molar-refractivity contribution is -0.142. The van der Waals surface area contributed by atoms with Crippen LogP contribution in [-0.2, 0) is 16.0 Å². The lowest BCUT2D eigenvalue weighted by Gasteiger charge is -2.08. The predicted octanol–water partition coefficient (Wildman–Crippen LogP) is 3.13. The fourth-order valence-electron chi connectivity index (χ4n) is 2.34. The molecule has 0 fully saturated rings. The Morgan fingerprint density at radius 3 is 2.71 bits per heavy atom. The number of carbonyl (C=O) groups is 1. The van der Waals surface area contributed by atoms with E-state index in [0.717, 1.165) is 22.2 Å². The van der Waals surface area contributed by atoms with E-state index in [1.54, 1.807) is 0 Å². The van der Waals surface area contributed by atoms with E-state index in [0.29, 0.717) is 6.61 Å². The third-order valence-electron chi connectivity index (χ3n) is 3.29. The Morgan fingerprint density at radius 2 is 1.90 bits per heavy atom. The van der Waals surface area contributed by atoms with E-state index in [9.17, 15) is 4.79 Å². The van der Waals surface area contributed by atoms with Gasteiger partial charge in [0.05, 0.1) is 24.2 Å². The third-order valence-corrected chi connectivity index (χ3v) is 3.29. The summed E-state index contributed by atoms with van der Waals surface area (Å²) in [6, 6.07) is 15.7. The van der Waals surface area contributed by atoms with Gasteiger partial charge in [0.1, 0.15) is 0 Å². The van der Waals surface area contributed by atoms with E-state index < -0.39 is 0 Å². The van der Waals surface area contributed by atoms with Crippen LogP contribution in [0.4, 0.5) is 0 Å². The van der Waals surface area contributed by atoms with Gasteiger partial charge in [-0.15, -0.1) is 0 Å². The summed E-state index contributed by atoms with van der Waals surface area (Å²) < 4.78 is 6.85. The van der Waals surface area contributed by atoms with Crippen molar-refractivity contribution in [3.63, 3.8) is 0 Å². The molecule has 0 unspecified atom stereocenters. The van der Waals surface area contributed by atoms with Gasteiger partial charge in [0.15, 0.2) is 0 Å². The first-order valence-corrected chi connectivity index (χ1v) is 6.96. The maximum atomic E-state index is 11.7. The summed E-state index contributed by atoms with van der Waals surface area (Å²) in [5.41, 5.74) is 2.74. The summed E-state index contributed by atoms with van der Waals surface area (Å²) in [5.74, 6) is -0.221. The first-order chi connectivity index (χ1) is 10.3. The second kappa shape index (κ2) is 5.79. The average Bonchev–Trinajstić information content (AvgIpc) is 2.91. The van der Waals surface area contributed by atoms with Crippen LogP contribution in [0.3, 0.4) is 0 Å². The molecule has 1 heterocycles. The highest BCUT2D eigenvalue weighted by Gasteiger charge is 2.11. The van der Waals surface area contributed by atoms with Gasteiger partial charge >= 0.3 is 5.97 Å². The molecule has 0 bridgehead atoms. The maximum Gasteiger partial charge on any atom is 0.310 e. The number of hydrogen-bond acceptors (Lipinski definition) is 3. The van der Waals surface area contributed by atoms with E-state index in [-0.39, 0.29) is 12.4 Å². The molecular weight excluding hydrogens is 264 g/mol. The van der Waals surface area contributed by atoms with Gasteiger partial charge in [-0.3, -0.25) is 4.79 Å². The van der Waals surface area contributed by atoms with Crippen molar-refractivity contribution in [3.8, 4) is 5.69 Å². The van der Waals surface area contributed by atoms with Gasteiger partial charge in [0, 0.05) is 11.6 Å². The molecule has 0 amide bonds. The highest BCUT2D eigenvalue weighted by molar-refractivity contribution is 5.79. The van der Waals surface area contributed by atoms with Crippen molar-refractivity contribution in [2.24, 2.45) is 0 Å². The summed E-state index contributed by atoms with van der Waals surface area (Å²) >= 11 is 0. The van der Waals surface area contributed by atoms with Crippen LogP contribution in [0.2, 0.25) is 0 Å². The summed E-state index contributed by atoms with van der Waals surface area (Å²) in [6.45, 7) is 2.21. The quantitative estimate of drug-likeness (QED) is 0.690. The molecule has 1 aromatic heterocycles. The Kier molecular flexibility index (Phi) is 3.69. The molecule has 0 spiro atoms. The second-order valence-electron chi connectivity index (χ2n) is 4.74. The SMILES string of the molecule is CCOC(=O)Cc1ccccc1-n1cc2ccccc2n1. The minimum Gasteiger partial charge on any atom is -0.466 e. The van der Waals surface area contributed by atoms with Crippen LogP contribution in [-0.4, -0.2) is 22.4 Å². The second-order valence-corrected chi connectivity index (χ2v) is 4.74. The molecular formula is C17H16N2O2. The number of rotatable bonds is 4. The van der Waals surface area contributed by atoms with Crippen molar-refractivity contribution in [2.45, 2.75) is 13.3 Å². The van der Waals surface area contributed by atoms with Crippen molar-refractivity contribution in [2.75, 3.05) is 6.61 Å². The van der Waals surface area contributed by atoms with Gasteiger partial charge in [0.25, 0.3) is 0 Å². The number of para-hydroxylation sites is 1. The normalized spacial score (nSPS) is 10.7. The third kappa shape index (κ3) is 2.79. The lowest BCUT2D eigenvalue weighted by Crippen LogP contribution is -2.10. The van der Waals surface area contributed by atoms with Crippen molar-refractivity contribution in [3.05, 3.63) is 60.3 Å². The smallest absolute Gasteiger partial charge is 0.310 e. The summed E-state index contributed by atoms with van der Waals surface area (Å²) in [5, 5.41) is 5.63. The van der Waals surface area contributed by atoms with Crippen LogP contribution in [0.25, 0.3) is 16.6 Å². The number of fused-ring (bicyclic) bond motifs is 1. The van der Waals surface area contributed by atoms with Crippen LogP contribution in [0, 0.1) is 0 Å². The number of aromatic nitrogens is 2. The van der Waals surface area contributed by atoms with Gasteiger partial charge < -0.3 is 4.74 Å². The first-order valence-electron chi connectivity index (χ1n) is 6.96. The highest BCUT2D eigenvalue weighted by atomic mass is 16.5. The van der Waals surface area contributed by atoms with Gasteiger partial charge in [-0.2, -0.15) is 5.10 Å². The van der Waals surface area contributed by atoms with E-state index in [1.165, 1.54) is 0 Å². The van der Waals surface area contributed by atoms with Crippen LogP contribution < -0.4 is 0 Å². The minimum absolute atomic E-state index is 0.221. The number of benzene rings is 2. The molecule has 3 rings (SSSR count). The largest absolute Gasteiger partial charge is 0.466 e. The Bertz CT molecular complexity index is 744. The van der Waals surface area contributed by atoms with Gasteiger partial charge in [0.2, 0.25) is 0 Å². The molecule has 21 heavy (non-hydrogen) atoms. The molecule has 2 aromatic carbocycles. The molecule has 0 saturated heterocycles. The fourth-order valence-corrected chi connectivity index (χ4v) is 2.34. The molecule has 4 heteroatoms. The number of ether oxygens (including phenoxy) is 1. The lowest BCUT2D eigenvalue weighted by atomic mass is 10.1. The zero-order chi connectivity index (χ0) is 14.7. The number of carbonyl (C=O) groups excluding carboxylic acids is 1. The van der Waals surface area contributed by atoms with Gasteiger partial charge in [-0.1, -0.05) is 36.4 Å². The molecule has 0 atom stereocenters. The van der Waals surface area contributed by atoms with Crippen LogP contribution in [0.15, 0.2) is 54.7 Å². The molecule has 0 saturated carbocycles. The molecule has 106 valence electrons. The number of esters is 1. The average molecular weight is 280 g/mol. The molecule has 0 aliphatic carbocycles. The molecule has 0 radical (unpaired) electrons. The zero-order valence-corrected chi connectivity index (χ0v) is 11.8. The highest BCUT2D eigenvalue weighted by Crippen LogP contribution is 2.19. The van der Waals surface area contributed by atoms with Crippen LogP contribution in [0.5, 0.6) is 0 Å². The van der Waals surface area contributed by atoms with Crippen LogP contribution >= 0.6 is 0 Å². The molecule has 0 aliphatic heterocycles. The Labute approximate surface area is 123 Å². The van der Waals surface area contributed by atoms with Crippen LogP contribution in [0.1, 0.15) is 12.5 Å². The minimum atomic E-state index is -0.221. The van der Waals surface area contributed by atoms with E-state index in [2.05, 4.69) is 5.10 Å². The number of hydrogen-bond donors (Lipinski definition) is 0. The monoisotopic (exact) mass is 280 g/mol. The molecule has 3 aromatic rings. The topological polar surface area (TPSA) is 44.1 Å². The zero-order valence-electron chi connectivity index (χ0n) is 11.8. The van der Waals surface area contributed by atoms with Crippen molar-refractivity contribution in [1.82, 2.24) is 9.78 Å². The molecule has 0 aliphatic rings. The van der Waals surface area contributed by atoms with E-state index in [4.69, 9.17) is 4.74 Å². The predicted molar refractivity (Wildman–Crippen MR) is 81.4 cm³/mol. The Hall–Kier alpha value is -2.62. The maximum absolute atomic E-state index is 11.7. The standard InChI is InChI=1S/C17H16N2O2/c1-2-21-17(20)11-13-7-4-6-10-16(13)19-12-14-8-3-5-9-15(14)18-19/h3-10,12H,2,11H2,1H3. The molecule has 0 N–H and O–H groups in total. The fraction of sp³-hybridized carbons (Fsp3) is 0.176. The van der Waals surface area contributed by atoms with E-state index >= 15 is 0 Å². The van der Waals surface area contributed by atoms with Crippen molar-refractivity contribution < 1.29 is 9.53 Å². The number of nitrogens with zero attached hydrogens (tertiary/aromatic N) is 2. The molecule has 4 nitrogen and oxygen atoms in total. The Balaban J connectivity index is 1.99. The van der Waals surface area contributed by atoms with E-state index in [1.807, 2.05) is 66.3 Å². The summed E-state index contributed by atoms with van der Waals surface area (Å²) in [4.78, 5) is 11.7. The summed E-state index contributed by atoms with van der Waals surface area (Å²) in [6.07, 6.45) is 2.22. The van der Waals surface area contributed by atoms with Gasteiger partial charge in [-0.25, -0.2) is 4.68 Å². The van der Waals surface area contributed by atoms with Gasteiger partial charge in [-0.05, 0) is 24.6 Å². The first kappa shape index (κ1) is 13.4. The Morgan fingerprint density at radius 1 is 1.14 bits per heavy atom. The van der Waals surface area contributed by atoms with Crippen molar-refractivity contribution in [1.29, 1.82) is 0 Å². The van der Waals surface area contributed by atoms with Crippen molar-refractivity contribution >= 4 is 16.9 Å².